The van der Waals surface area contributed by atoms with E-state index < -0.39 is 0 Å². The van der Waals surface area contributed by atoms with Crippen LogP contribution in [0, 0.1) is 6.92 Å². The molecule has 31 heavy (non-hydrogen) atoms. The molecule has 0 radical (unpaired) electrons. The lowest BCUT2D eigenvalue weighted by atomic mass is 10.0. The Morgan fingerprint density at radius 2 is 1.77 bits per heavy atom. The van der Waals surface area contributed by atoms with Gasteiger partial charge in [-0.3, -0.25) is 14.4 Å². The van der Waals surface area contributed by atoms with Crippen molar-refractivity contribution in [2.75, 3.05) is 25.0 Å². The molecule has 160 valence electrons. The summed E-state index contributed by atoms with van der Waals surface area (Å²) in [5.74, 6) is -0.231. The highest BCUT2D eigenvalue weighted by Crippen LogP contribution is 2.26. The number of carbonyl (C=O) groups is 3. The van der Waals surface area contributed by atoms with E-state index >= 15 is 0 Å². The number of ether oxygens (including phenoxy) is 1. The number of benzene rings is 3. The van der Waals surface area contributed by atoms with Gasteiger partial charge in [-0.2, -0.15) is 0 Å². The summed E-state index contributed by atoms with van der Waals surface area (Å²) in [6.07, 6.45) is 1.44. The highest BCUT2D eigenvalue weighted by Gasteiger charge is 2.18. The first-order chi connectivity index (χ1) is 15.0. The van der Waals surface area contributed by atoms with Crippen LogP contribution in [0.25, 0.3) is 10.8 Å². The minimum Gasteiger partial charge on any atom is -0.483 e. The van der Waals surface area contributed by atoms with Crippen LogP contribution in [0.2, 0.25) is 0 Å². The third-order valence-corrected chi connectivity index (χ3v) is 5.00. The van der Waals surface area contributed by atoms with Crippen molar-refractivity contribution < 1.29 is 19.1 Å². The largest absolute Gasteiger partial charge is 0.483 e. The lowest BCUT2D eigenvalue weighted by Gasteiger charge is -2.22. The van der Waals surface area contributed by atoms with Gasteiger partial charge >= 0.3 is 0 Å². The molecule has 0 aromatic heterocycles. The van der Waals surface area contributed by atoms with E-state index in [1.54, 1.807) is 6.07 Å². The van der Waals surface area contributed by atoms with E-state index in [0.29, 0.717) is 24.3 Å². The maximum Gasteiger partial charge on any atom is 0.260 e. The van der Waals surface area contributed by atoms with Crippen molar-refractivity contribution in [3.8, 4) is 5.75 Å². The van der Waals surface area contributed by atoms with E-state index in [2.05, 4.69) is 5.32 Å². The minimum absolute atomic E-state index is 0.0668. The average Bonchev–Trinajstić information content (AvgIpc) is 2.78. The zero-order valence-corrected chi connectivity index (χ0v) is 17.8. The van der Waals surface area contributed by atoms with Crippen molar-refractivity contribution in [3.63, 3.8) is 0 Å². The SMILES string of the molecule is CCCN(CC(=O)Nc1ccccc1C)C(=O)COc1ccc2ccccc2c1C=O. The maximum atomic E-state index is 12.8. The Hall–Kier alpha value is -3.67. The van der Waals surface area contributed by atoms with Crippen molar-refractivity contribution in [1.82, 2.24) is 4.90 Å². The van der Waals surface area contributed by atoms with Gasteiger partial charge in [-0.15, -0.1) is 0 Å². The molecule has 2 amide bonds. The highest BCUT2D eigenvalue weighted by molar-refractivity contribution is 6.01. The Kier molecular flexibility index (Phi) is 7.38. The lowest BCUT2D eigenvalue weighted by Crippen LogP contribution is -2.41. The number of amides is 2. The van der Waals surface area contributed by atoms with Crippen LogP contribution in [0.3, 0.4) is 0 Å². The Morgan fingerprint density at radius 1 is 1.03 bits per heavy atom. The fourth-order valence-electron chi connectivity index (χ4n) is 3.39. The highest BCUT2D eigenvalue weighted by atomic mass is 16.5. The predicted molar refractivity (Wildman–Crippen MR) is 122 cm³/mol. The van der Waals surface area contributed by atoms with Crippen molar-refractivity contribution in [2.24, 2.45) is 0 Å². The number of aldehydes is 1. The molecular formula is C25H26N2O4. The maximum absolute atomic E-state index is 12.8. The molecule has 0 heterocycles. The fraction of sp³-hybridized carbons (Fsp3) is 0.240. The molecule has 0 fully saturated rings. The lowest BCUT2D eigenvalue weighted by molar-refractivity contribution is -0.136. The summed E-state index contributed by atoms with van der Waals surface area (Å²) in [6, 6.07) is 18.5. The molecule has 0 spiro atoms. The van der Waals surface area contributed by atoms with Gasteiger partial charge in [-0.1, -0.05) is 55.5 Å². The van der Waals surface area contributed by atoms with Gasteiger partial charge in [0.05, 0.1) is 12.1 Å². The smallest absolute Gasteiger partial charge is 0.260 e. The van der Waals surface area contributed by atoms with E-state index in [0.717, 1.165) is 28.3 Å². The Balaban J connectivity index is 1.67. The van der Waals surface area contributed by atoms with Crippen molar-refractivity contribution >= 4 is 34.6 Å². The van der Waals surface area contributed by atoms with Crippen LogP contribution in [0.1, 0.15) is 29.3 Å². The van der Waals surface area contributed by atoms with Gasteiger partial charge < -0.3 is 15.0 Å². The standard InChI is InChI=1S/C25H26N2O4/c1-3-14-27(15-24(29)26-22-11-7-4-8-18(22)2)25(30)17-31-23-13-12-19-9-5-6-10-20(19)21(23)16-28/h4-13,16H,3,14-15,17H2,1-2H3,(H,26,29). The normalized spacial score (nSPS) is 10.5. The predicted octanol–water partition coefficient (Wildman–Crippen LogP) is 4.22. The fourth-order valence-corrected chi connectivity index (χ4v) is 3.39. The number of carbonyl (C=O) groups excluding carboxylic acids is 3. The zero-order chi connectivity index (χ0) is 22.2. The molecule has 6 nitrogen and oxygen atoms in total. The first-order valence-corrected chi connectivity index (χ1v) is 10.3. The summed E-state index contributed by atoms with van der Waals surface area (Å²) in [4.78, 5) is 38.3. The van der Waals surface area contributed by atoms with Crippen molar-refractivity contribution in [1.29, 1.82) is 0 Å². The number of rotatable bonds is 9. The van der Waals surface area contributed by atoms with E-state index in [9.17, 15) is 14.4 Å². The summed E-state index contributed by atoms with van der Waals surface area (Å²) in [6.45, 7) is 3.96. The number of fused-ring (bicyclic) bond motifs is 1. The average molecular weight is 418 g/mol. The molecule has 0 unspecified atom stereocenters. The number of hydrogen-bond donors (Lipinski definition) is 1. The number of anilines is 1. The molecule has 3 aromatic rings. The second-order valence-electron chi connectivity index (χ2n) is 7.28. The number of aryl methyl sites for hydroxylation is 1. The zero-order valence-electron chi connectivity index (χ0n) is 17.8. The van der Waals surface area contributed by atoms with Crippen LogP contribution in [-0.4, -0.2) is 42.7 Å². The van der Waals surface area contributed by atoms with Gasteiger partial charge in [0.25, 0.3) is 5.91 Å². The number of nitrogens with one attached hydrogen (secondary N) is 1. The van der Waals surface area contributed by atoms with Crippen LogP contribution in [0.15, 0.2) is 60.7 Å². The van der Waals surface area contributed by atoms with Crippen LogP contribution in [-0.2, 0) is 9.59 Å². The Labute approximate surface area is 181 Å². The van der Waals surface area contributed by atoms with E-state index in [4.69, 9.17) is 4.74 Å². The van der Waals surface area contributed by atoms with Crippen LogP contribution >= 0.6 is 0 Å². The second kappa shape index (κ2) is 10.4. The molecule has 0 saturated carbocycles. The molecule has 1 N–H and O–H groups in total. The Morgan fingerprint density at radius 3 is 2.52 bits per heavy atom. The molecule has 0 aliphatic carbocycles. The molecule has 0 bridgehead atoms. The first-order valence-electron chi connectivity index (χ1n) is 10.3. The van der Waals surface area contributed by atoms with Gasteiger partial charge in [0, 0.05) is 12.2 Å². The van der Waals surface area contributed by atoms with Gasteiger partial charge in [0.1, 0.15) is 5.75 Å². The third-order valence-electron chi connectivity index (χ3n) is 5.00. The van der Waals surface area contributed by atoms with E-state index in [1.807, 2.05) is 68.4 Å². The molecule has 3 rings (SSSR count). The molecule has 0 aliphatic rings. The van der Waals surface area contributed by atoms with Crippen molar-refractivity contribution in [3.05, 3.63) is 71.8 Å². The van der Waals surface area contributed by atoms with Crippen molar-refractivity contribution in [2.45, 2.75) is 20.3 Å². The van der Waals surface area contributed by atoms with Crippen LogP contribution < -0.4 is 10.1 Å². The monoisotopic (exact) mass is 418 g/mol. The van der Waals surface area contributed by atoms with Gasteiger partial charge in [0.2, 0.25) is 5.91 Å². The third kappa shape index (κ3) is 5.48. The summed E-state index contributed by atoms with van der Waals surface area (Å²) < 4.78 is 5.69. The molecule has 0 atom stereocenters. The summed E-state index contributed by atoms with van der Waals surface area (Å²) in [7, 11) is 0. The van der Waals surface area contributed by atoms with Gasteiger partial charge in [0.15, 0.2) is 12.9 Å². The minimum atomic E-state index is -0.313. The quantitative estimate of drug-likeness (QED) is 0.528. The van der Waals surface area contributed by atoms with Gasteiger partial charge in [-0.25, -0.2) is 0 Å². The van der Waals surface area contributed by atoms with Gasteiger partial charge in [-0.05, 0) is 41.8 Å². The Bertz CT molecular complexity index is 1090. The summed E-state index contributed by atoms with van der Waals surface area (Å²) in [5.41, 5.74) is 2.08. The van der Waals surface area contributed by atoms with Crippen LogP contribution in [0.5, 0.6) is 5.75 Å². The van der Waals surface area contributed by atoms with E-state index in [1.165, 1.54) is 4.90 Å². The first kappa shape index (κ1) is 22.0. The molecule has 6 heteroatoms. The topological polar surface area (TPSA) is 75.7 Å². The number of hydrogen-bond acceptors (Lipinski definition) is 4. The summed E-state index contributed by atoms with van der Waals surface area (Å²) >= 11 is 0. The number of para-hydroxylation sites is 1. The molecule has 0 saturated heterocycles. The second-order valence-corrected chi connectivity index (χ2v) is 7.28. The van der Waals surface area contributed by atoms with E-state index in [-0.39, 0.29) is 25.0 Å². The molecular weight excluding hydrogens is 392 g/mol. The molecule has 3 aromatic carbocycles. The summed E-state index contributed by atoms with van der Waals surface area (Å²) in [5, 5.41) is 4.54. The molecule has 0 aliphatic heterocycles. The number of nitrogens with zero attached hydrogens (tertiary/aromatic N) is 1. The van der Waals surface area contributed by atoms with Crippen LogP contribution in [0.4, 0.5) is 5.69 Å².